The molecule has 0 aliphatic carbocycles. The van der Waals surface area contributed by atoms with Crippen molar-refractivity contribution in [2.24, 2.45) is 0 Å². The normalized spacial score (nSPS) is 13.5. The average molecular weight is 320 g/mol. The third kappa shape index (κ3) is 9.42. The van der Waals surface area contributed by atoms with E-state index < -0.39 is 6.10 Å². The highest BCUT2D eigenvalue weighted by molar-refractivity contribution is 5.21. The highest BCUT2D eigenvalue weighted by atomic mass is 16.5. The highest BCUT2D eigenvalue weighted by Crippen LogP contribution is 2.18. The van der Waals surface area contributed by atoms with E-state index in [-0.39, 0.29) is 12.7 Å². The van der Waals surface area contributed by atoms with Crippen LogP contribution in [-0.2, 0) is 4.74 Å². The van der Waals surface area contributed by atoms with Gasteiger partial charge >= 0.3 is 0 Å². The molecule has 0 bridgehead atoms. The lowest BCUT2D eigenvalue weighted by Gasteiger charge is -2.24. The van der Waals surface area contributed by atoms with Crippen LogP contribution in [0.5, 0.6) is 5.75 Å². The molecule has 0 aliphatic heterocycles. The molecule has 1 aromatic rings. The van der Waals surface area contributed by atoms with Crippen LogP contribution in [0.25, 0.3) is 0 Å². The molecule has 0 spiro atoms. The van der Waals surface area contributed by atoms with E-state index in [1.165, 1.54) is 25.7 Å². The fourth-order valence-corrected chi connectivity index (χ4v) is 2.41. The first-order chi connectivity index (χ1) is 11.1. The summed E-state index contributed by atoms with van der Waals surface area (Å²) < 4.78 is 11.5. The van der Waals surface area contributed by atoms with Gasteiger partial charge in [0.05, 0.1) is 13.2 Å². The summed E-state index contributed by atoms with van der Waals surface area (Å²) in [6, 6.07) is 9.69. The van der Waals surface area contributed by atoms with E-state index in [0.29, 0.717) is 6.61 Å². The third-order valence-electron chi connectivity index (χ3n) is 3.69. The molecule has 0 aliphatic rings. The molecule has 1 aromatic carbocycles. The van der Waals surface area contributed by atoms with Crippen molar-refractivity contribution in [1.82, 2.24) is 0 Å². The van der Waals surface area contributed by atoms with Crippen molar-refractivity contribution in [3.63, 3.8) is 0 Å². The van der Waals surface area contributed by atoms with Crippen LogP contribution in [0.15, 0.2) is 42.5 Å². The van der Waals surface area contributed by atoms with E-state index in [9.17, 15) is 5.11 Å². The first-order valence-electron chi connectivity index (χ1n) is 8.75. The number of hydrogen-bond donors (Lipinski definition) is 1. The summed E-state index contributed by atoms with van der Waals surface area (Å²) >= 11 is 0. The molecule has 0 fully saturated rings. The van der Waals surface area contributed by atoms with Crippen molar-refractivity contribution in [1.29, 1.82) is 0 Å². The van der Waals surface area contributed by atoms with Crippen LogP contribution in [0.3, 0.4) is 0 Å². The Morgan fingerprint density at radius 3 is 2.48 bits per heavy atom. The van der Waals surface area contributed by atoms with Gasteiger partial charge in [-0.2, -0.15) is 0 Å². The zero-order valence-corrected chi connectivity index (χ0v) is 14.7. The van der Waals surface area contributed by atoms with Gasteiger partial charge in [-0.15, -0.1) is 0 Å². The van der Waals surface area contributed by atoms with E-state index >= 15 is 0 Å². The average Bonchev–Trinajstić information content (AvgIpc) is 2.54. The number of rotatable bonds is 13. The van der Waals surface area contributed by atoms with Gasteiger partial charge in [0.2, 0.25) is 0 Å². The molecule has 130 valence electrons. The second-order valence-corrected chi connectivity index (χ2v) is 6.21. The highest BCUT2D eigenvalue weighted by Gasteiger charge is 2.21. The second kappa shape index (κ2) is 12.1. The SMILES string of the molecule is C=C(C)COCC(O)C(CCCCCCC)Oc1ccccc1. The van der Waals surface area contributed by atoms with E-state index in [0.717, 1.165) is 24.2 Å². The van der Waals surface area contributed by atoms with Crippen molar-refractivity contribution in [3.8, 4) is 5.75 Å². The molecule has 0 saturated heterocycles. The fraction of sp³-hybridized carbons (Fsp3) is 0.600. The van der Waals surface area contributed by atoms with E-state index in [4.69, 9.17) is 9.47 Å². The van der Waals surface area contributed by atoms with Gasteiger partial charge in [0, 0.05) is 0 Å². The summed E-state index contributed by atoms with van der Waals surface area (Å²) in [6.45, 7) is 8.69. The van der Waals surface area contributed by atoms with Crippen molar-refractivity contribution < 1.29 is 14.6 Å². The maximum Gasteiger partial charge on any atom is 0.127 e. The Balaban J connectivity index is 2.47. The van der Waals surface area contributed by atoms with Crippen molar-refractivity contribution in [3.05, 3.63) is 42.5 Å². The molecular weight excluding hydrogens is 288 g/mol. The maximum absolute atomic E-state index is 10.4. The molecule has 2 unspecified atom stereocenters. The van der Waals surface area contributed by atoms with Gasteiger partial charge in [0.1, 0.15) is 18.0 Å². The molecule has 1 N–H and O–H groups in total. The summed E-state index contributed by atoms with van der Waals surface area (Å²) in [5.74, 6) is 0.796. The van der Waals surface area contributed by atoms with Crippen molar-refractivity contribution in [2.45, 2.75) is 64.6 Å². The molecule has 0 saturated carbocycles. The maximum atomic E-state index is 10.4. The summed E-state index contributed by atoms with van der Waals surface area (Å²) in [5, 5.41) is 10.4. The second-order valence-electron chi connectivity index (χ2n) is 6.21. The molecule has 23 heavy (non-hydrogen) atoms. The molecule has 3 nitrogen and oxygen atoms in total. The van der Waals surface area contributed by atoms with Gasteiger partial charge < -0.3 is 14.6 Å². The Labute approximate surface area is 141 Å². The molecular formula is C20H32O3. The monoisotopic (exact) mass is 320 g/mol. The summed E-state index contributed by atoms with van der Waals surface area (Å²) in [4.78, 5) is 0. The minimum absolute atomic E-state index is 0.232. The number of hydrogen-bond acceptors (Lipinski definition) is 3. The third-order valence-corrected chi connectivity index (χ3v) is 3.69. The van der Waals surface area contributed by atoms with E-state index in [1.54, 1.807) is 0 Å². The minimum atomic E-state index is -0.624. The number of aliphatic hydroxyl groups is 1. The van der Waals surface area contributed by atoms with Gasteiger partial charge in [0.15, 0.2) is 0 Å². The lowest BCUT2D eigenvalue weighted by Crippen LogP contribution is -2.35. The molecule has 0 radical (unpaired) electrons. The summed E-state index contributed by atoms with van der Waals surface area (Å²) in [5.41, 5.74) is 0.956. The number of para-hydroxylation sites is 1. The smallest absolute Gasteiger partial charge is 0.127 e. The van der Waals surface area contributed by atoms with E-state index in [1.807, 2.05) is 37.3 Å². The minimum Gasteiger partial charge on any atom is -0.488 e. The summed E-state index contributed by atoms with van der Waals surface area (Å²) in [7, 11) is 0. The molecule has 0 amide bonds. The van der Waals surface area contributed by atoms with Crippen LogP contribution in [-0.4, -0.2) is 30.5 Å². The van der Waals surface area contributed by atoms with Gasteiger partial charge in [-0.25, -0.2) is 0 Å². The Morgan fingerprint density at radius 2 is 1.83 bits per heavy atom. The van der Waals surface area contributed by atoms with Gasteiger partial charge in [-0.3, -0.25) is 0 Å². The zero-order chi connectivity index (χ0) is 16.9. The predicted molar refractivity (Wildman–Crippen MR) is 95.9 cm³/mol. The quantitative estimate of drug-likeness (QED) is 0.421. The van der Waals surface area contributed by atoms with Crippen LogP contribution in [0.4, 0.5) is 0 Å². The van der Waals surface area contributed by atoms with Crippen LogP contribution < -0.4 is 4.74 Å². The Hall–Kier alpha value is -1.32. The van der Waals surface area contributed by atoms with Crippen LogP contribution in [0.1, 0.15) is 52.4 Å². The number of ether oxygens (including phenoxy) is 2. The molecule has 2 atom stereocenters. The number of aliphatic hydroxyl groups excluding tert-OH is 1. The van der Waals surface area contributed by atoms with Gasteiger partial charge in [-0.05, 0) is 31.9 Å². The predicted octanol–water partition coefficient (Wildman–Crippen LogP) is 4.75. The number of benzene rings is 1. The number of unbranched alkanes of at least 4 members (excludes halogenated alkanes) is 4. The van der Waals surface area contributed by atoms with Crippen LogP contribution >= 0.6 is 0 Å². The lowest BCUT2D eigenvalue weighted by molar-refractivity contribution is -0.0263. The van der Waals surface area contributed by atoms with Gasteiger partial charge in [-0.1, -0.05) is 63.0 Å². The first kappa shape index (κ1) is 19.7. The molecule has 0 heterocycles. The molecule has 1 rings (SSSR count). The standard InChI is InChI=1S/C20H32O3/c1-4-5-6-7-11-14-20(19(21)16-22-15-17(2)3)23-18-12-9-8-10-13-18/h8-10,12-13,19-21H,2,4-7,11,14-16H2,1,3H3. The molecule has 0 aromatic heterocycles. The Morgan fingerprint density at radius 1 is 1.13 bits per heavy atom. The summed E-state index contributed by atoms with van der Waals surface area (Å²) in [6.07, 6.45) is 5.99. The Bertz CT molecular complexity index is 416. The first-order valence-corrected chi connectivity index (χ1v) is 8.75. The van der Waals surface area contributed by atoms with E-state index in [2.05, 4.69) is 13.5 Å². The fourth-order valence-electron chi connectivity index (χ4n) is 2.41. The lowest BCUT2D eigenvalue weighted by atomic mass is 10.0. The van der Waals surface area contributed by atoms with Gasteiger partial charge in [0.25, 0.3) is 0 Å². The Kier molecular flexibility index (Phi) is 10.4. The molecule has 3 heteroatoms. The zero-order valence-electron chi connectivity index (χ0n) is 14.7. The largest absolute Gasteiger partial charge is 0.488 e. The van der Waals surface area contributed by atoms with Crippen molar-refractivity contribution >= 4 is 0 Å². The van der Waals surface area contributed by atoms with Crippen molar-refractivity contribution in [2.75, 3.05) is 13.2 Å². The topological polar surface area (TPSA) is 38.7 Å². The van der Waals surface area contributed by atoms with Crippen LogP contribution in [0, 0.1) is 0 Å². The van der Waals surface area contributed by atoms with Crippen LogP contribution in [0.2, 0.25) is 0 Å².